The fraction of sp³-hybridized carbons (Fsp3) is 0.273. The largest absolute Gasteiger partial charge is 0.369 e. The Morgan fingerprint density at radius 3 is 2.76 bits per heavy atom. The maximum Gasteiger partial charge on any atom is 0.227 e. The summed E-state index contributed by atoms with van der Waals surface area (Å²) in [6, 6.07) is 4.03. The van der Waals surface area contributed by atoms with Gasteiger partial charge < -0.3 is 10.6 Å². The van der Waals surface area contributed by atoms with Gasteiger partial charge >= 0.3 is 0 Å². The average molecular weight is 257 g/mol. The summed E-state index contributed by atoms with van der Waals surface area (Å²) in [6.07, 6.45) is 0.0252. The lowest BCUT2D eigenvalue weighted by atomic mass is 10.1. The molecule has 4 nitrogen and oxygen atoms in total. The van der Waals surface area contributed by atoms with Gasteiger partial charge in [0.15, 0.2) is 0 Å². The number of amides is 2. The zero-order valence-electron chi connectivity index (χ0n) is 8.82. The number of nitrogens with zero attached hydrogens (tertiary/aromatic N) is 1. The second-order valence-electron chi connectivity index (χ2n) is 3.90. The first-order valence-corrected chi connectivity index (χ1v) is 5.41. The number of benzene rings is 1. The Balaban J connectivity index is 2.29. The molecular weight excluding hydrogens is 247 g/mol. The van der Waals surface area contributed by atoms with Gasteiger partial charge in [0.05, 0.1) is 11.6 Å². The van der Waals surface area contributed by atoms with Crippen LogP contribution in [0.25, 0.3) is 0 Å². The molecule has 0 aromatic heterocycles. The van der Waals surface area contributed by atoms with Crippen molar-refractivity contribution in [2.24, 2.45) is 11.7 Å². The van der Waals surface area contributed by atoms with Crippen LogP contribution in [-0.2, 0) is 9.59 Å². The SMILES string of the molecule is NC(=O)C1CC(=O)N(c2ccc(Cl)cc2F)C1. The number of hydrogen-bond donors (Lipinski definition) is 1. The fourth-order valence-electron chi connectivity index (χ4n) is 1.83. The van der Waals surface area contributed by atoms with Gasteiger partial charge in [-0.05, 0) is 18.2 Å². The molecule has 90 valence electrons. The van der Waals surface area contributed by atoms with E-state index >= 15 is 0 Å². The van der Waals surface area contributed by atoms with Crippen LogP contribution in [0.15, 0.2) is 18.2 Å². The van der Waals surface area contributed by atoms with Crippen LogP contribution in [0.5, 0.6) is 0 Å². The molecule has 2 N–H and O–H groups in total. The Morgan fingerprint density at radius 2 is 2.24 bits per heavy atom. The normalized spacial score (nSPS) is 19.8. The first kappa shape index (κ1) is 11.9. The minimum Gasteiger partial charge on any atom is -0.369 e. The summed E-state index contributed by atoms with van der Waals surface area (Å²) in [5, 5.41) is 0.254. The molecule has 1 aromatic carbocycles. The number of halogens is 2. The summed E-state index contributed by atoms with van der Waals surface area (Å²) in [7, 11) is 0. The van der Waals surface area contributed by atoms with Crippen molar-refractivity contribution < 1.29 is 14.0 Å². The van der Waals surface area contributed by atoms with Gasteiger partial charge in [-0.25, -0.2) is 4.39 Å². The van der Waals surface area contributed by atoms with Gasteiger partial charge in [0.25, 0.3) is 0 Å². The molecule has 1 atom stereocenters. The highest BCUT2D eigenvalue weighted by Gasteiger charge is 2.34. The molecule has 17 heavy (non-hydrogen) atoms. The Bertz CT molecular complexity index is 492. The Hall–Kier alpha value is -1.62. The standard InChI is InChI=1S/C11H10ClFN2O2/c12-7-1-2-9(8(13)4-7)15-5-6(11(14)17)3-10(15)16/h1-2,4,6H,3,5H2,(H2,14,17). The number of anilines is 1. The third kappa shape index (κ3) is 2.24. The Labute approximate surface area is 102 Å². The van der Waals surface area contributed by atoms with Crippen molar-refractivity contribution in [1.82, 2.24) is 0 Å². The number of primary amides is 1. The van der Waals surface area contributed by atoms with E-state index in [9.17, 15) is 14.0 Å². The van der Waals surface area contributed by atoms with E-state index in [1.54, 1.807) is 0 Å². The number of rotatable bonds is 2. The van der Waals surface area contributed by atoms with E-state index < -0.39 is 17.6 Å². The molecule has 1 saturated heterocycles. The van der Waals surface area contributed by atoms with Gasteiger partial charge in [-0.3, -0.25) is 9.59 Å². The van der Waals surface area contributed by atoms with Crippen LogP contribution >= 0.6 is 11.6 Å². The van der Waals surface area contributed by atoms with Gasteiger partial charge in [0.1, 0.15) is 5.82 Å². The van der Waals surface area contributed by atoms with Crippen molar-refractivity contribution in [2.75, 3.05) is 11.4 Å². The summed E-state index contributed by atoms with van der Waals surface area (Å²) < 4.78 is 13.6. The number of nitrogens with two attached hydrogens (primary N) is 1. The minimum atomic E-state index is -0.587. The van der Waals surface area contributed by atoms with Crippen LogP contribution in [0.2, 0.25) is 5.02 Å². The van der Waals surface area contributed by atoms with E-state index in [4.69, 9.17) is 17.3 Å². The first-order valence-electron chi connectivity index (χ1n) is 5.04. The van der Waals surface area contributed by atoms with E-state index in [-0.39, 0.29) is 29.6 Å². The van der Waals surface area contributed by atoms with Crippen LogP contribution in [0.4, 0.5) is 10.1 Å². The number of carbonyl (C=O) groups excluding carboxylic acids is 2. The highest BCUT2D eigenvalue weighted by Crippen LogP contribution is 2.28. The second kappa shape index (κ2) is 4.33. The van der Waals surface area contributed by atoms with E-state index in [2.05, 4.69) is 0 Å². The molecule has 1 aliphatic rings. The second-order valence-corrected chi connectivity index (χ2v) is 4.34. The smallest absolute Gasteiger partial charge is 0.227 e. The molecule has 1 heterocycles. The van der Waals surface area contributed by atoms with E-state index in [1.807, 2.05) is 0 Å². The highest BCUT2D eigenvalue weighted by atomic mass is 35.5. The van der Waals surface area contributed by atoms with E-state index in [0.29, 0.717) is 0 Å². The van der Waals surface area contributed by atoms with Crippen LogP contribution in [0.1, 0.15) is 6.42 Å². The van der Waals surface area contributed by atoms with E-state index in [0.717, 1.165) is 6.07 Å². The van der Waals surface area contributed by atoms with Crippen LogP contribution in [0.3, 0.4) is 0 Å². The molecule has 1 aromatic rings. The van der Waals surface area contributed by atoms with Gasteiger partial charge in [-0.1, -0.05) is 11.6 Å². The predicted molar refractivity (Wildman–Crippen MR) is 61.1 cm³/mol. The van der Waals surface area contributed by atoms with Crippen LogP contribution in [0, 0.1) is 11.7 Å². The molecule has 2 rings (SSSR count). The molecule has 6 heteroatoms. The molecule has 1 unspecified atom stereocenters. The third-order valence-corrected chi connectivity index (χ3v) is 2.96. The van der Waals surface area contributed by atoms with Crippen molar-refractivity contribution in [1.29, 1.82) is 0 Å². The van der Waals surface area contributed by atoms with Crippen LogP contribution < -0.4 is 10.6 Å². The summed E-state index contributed by atoms with van der Waals surface area (Å²) >= 11 is 5.62. The molecule has 2 amide bonds. The lowest BCUT2D eigenvalue weighted by Gasteiger charge is -2.17. The average Bonchev–Trinajstić information content (AvgIpc) is 2.61. The fourth-order valence-corrected chi connectivity index (χ4v) is 1.99. The first-order chi connectivity index (χ1) is 7.99. The van der Waals surface area contributed by atoms with Gasteiger partial charge in [0, 0.05) is 18.0 Å². The maximum absolute atomic E-state index is 13.6. The molecule has 0 spiro atoms. The minimum absolute atomic E-state index is 0.0252. The Kier molecular flexibility index (Phi) is 3.02. The van der Waals surface area contributed by atoms with Gasteiger partial charge in [0.2, 0.25) is 11.8 Å². The summed E-state index contributed by atoms with van der Waals surface area (Å²) in [4.78, 5) is 23.9. The highest BCUT2D eigenvalue weighted by molar-refractivity contribution is 6.30. The molecule has 0 aliphatic carbocycles. The zero-order valence-corrected chi connectivity index (χ0v) is 9.58. The van der Waals surface area contributed by atoms with Crippen molar-refractivity contribution in [2.45, 2.75) is 6.42 Å². The molecule has 1 fully saturated rings. The van der Waals surface area contributed by atoms with E-state index in [1.165, 1.54) is 17.0 Å². The number of hydrogen-bond acceptors (Lipinski definition) is 2. The van der Waals surface area contributed by atoms with Gasteiger partial charge in [-0.2, -0.15) is 0 Å². The summed E-state index contributed by atoms with van der Waals surface area (Å²) in [6.45, 7) is 0.118. The maximum atomic E-state index is 13.6. The summed E-state index contributed by atoms with van der Waals surface area (Å²) in [5.41, 5.74) is 5.26. The molecule has 1 aliphatic heterocycles. The molecular formula is C11H10ClFN2O2. The van der Waals surface area contributed by atoms with Crippen molar-refractivity contribution in [3.8, 4) is 0 Å². The monoisotopic (exact) mass is 256 g/mol. The van der Waals surface area contributed by atoms with Crippen molar-refractivity contribution in [3.05, 3.63) is 29.0 Å². The quantitative estimate of drug-likeness (QED) is 0.867. The van der Waals surface area contributed by atoms with Crippen molar-refractivity contribution >= 4 is 29.1 Å². The zero-order chi connectivity index (χ0) is 12.6. The van der Waals surface area contributed by atoms with Crippen LogP contribution in [-0.4, -0.2) is 18.4 Å². The molecule has 0 saturated carbocycles. The van der Waals surface area contributed by atoms with Gasteiger partial charge in [-0.15, -0.1) is 0 Å². The topological polar surface area (TPSA) is 63.4 Å². The predicted octanol–water partition coefficient (Wildman–Crippen LogP) is 1.32. The molecule has 0 radical (unpaired) electrons. The summed E-state index contributed by atoms with van der Waals surface area (Å²) in [5.74, 6) is -2.00. The number of carbonyl (C=O) groups is 2. The molecule has 0 bridgehead atoms. The Morgan fingerprint density at radius 1 is 1.53 bits per heavy atom. The van der Waals surface area contributed by atoms with Crippen molar-refractivity contribution in [3.63, 3.8) is 0 Å². The lowest BCUT2D eigenvalue weighted by molar-refractivity contribution is -0.123. The third-order valence-electron chi connectivity index (χ3n) is 2.73. The lowest BCUT2D eigenvalue weighted by Crippen LogP contribution is -2.28.